The summed E-state index contributed by atoms with van der Waals surface area (Å²) >= 11 is 3.33. The normalized spacial score (nSPS) is 9.93. The lowest BCUT2D eigenvalue weighted by atomic mass is 10.1. The molecule has 0 aliphatic carbocycles. The monoisotopic (exact) mass is 257 g/mol. The molecule has 0 unspecified atom stereocenters. The van der Waals surface area contributed by atoms with Gasteiger partial charge in [0.1, 0.15) is 5.75 Å². The van der Waals surface area contributed by atoms with Crippen molar-refractivity contribution < 1.29 is 9.53 Å². The van der Waals surface area contributed by atoms with Gasteiger partial charge >= 0.3 is 0 Å². The number of halogens is 1. The van der Waals surface area contributed by atoms with Gasteiger partial charge in [0.25, 0.3) is 0 Å². The van der Waals surface area contributed by atoms with E-state index in [9.17, 15) is 4.79 Å². The third-order valence-corrected chi connectivity index (χ3v) is 2.47. The SMILES string of the molecule is CNCC(=O)c1ccc(OC)cc1Br. The number of rotatable bonds is 4. The van der Waals surface area contributed by atoms with Crippen molar-refractivity contribution in [3.8, 4) is 5.75 Å². The molecule has 0 atom stereocenters. The molecule has 4 heteroatoms. The fourth-order valence-corrected chi connectivity index (χ4v) is 1.68. The Labute approximate surface area is 91.6 Å². The van der Waals surface area contributed by atoms with E-state index >= 15 is 0 Å². The first-order valence-electron chi connectivity index (χ1n) is 4.20. The number of likely N-dealkylation sites (N-methyl/N-ethyl adjacent to an activating group) is 1. The Hall–Kier alpha value is -0.870. The number of hydrogen-bond acceptors (Lipinski definition) is 3. The van der Waals surface area contributed by atoms with Gasteiger partial charge in [-0.3, -0.25) is 4.79 Å². The third-order valence-electron chi connectivity index (χ3n) is 1.81. The Morgan fingerprint density at radius 3 is 2.79 bits per heavy atom. The Bertz CT molecular complexity index is 339. The first kappa shape index (κ1) is 11.2. The minimum atomic E-state index is 0.0574. The fraction of sp³-hybridized carbons (Fsp3) is 0.300. The lowest BCUT2D eigenvalue weighted by Gasteiger charge is -2.05. The number of nitrogens with one attached hydrogen (secondary N) is 1. The van der Waals surface area contributed by atoms with Crippen LogP contribution in [0.3, 0.4) is 0 Å². The number of methoxy groups -OCH3 is 1. The Kier molecular flexibility index (Phi) is 4.10. The van der Waals surface area contributed by atoms with E-state index in [2.05, 4.69) is 21.2 Å². The molecule has 0 saturated heterocycles. The van der Waals surface area contributed by atoms with Crippen LogP contribution >= 0.6 is 15.9 Å². The van der Waals surface area contributed by atoms with Crippen molar-refractivity contribution in [1.82, 2.24) is 5.32 Å². The molecule has 0 fully saturated rings. The summed E-state index contributed by atoms with van der Waals surface area (Å²) in [5.41, 5.74) is 0.667. The van der Waals surface area contributed by atoms with Crippen LogP contribution in [0, 0.1) is 0 Å². The van der Waals surface area contributed by atoms with E-state index < -0.39 is 0 Å². The Morgan fingerprint density at radius 1 is 1.57 bits per heavy atom. The summed E-state index contributed by atoms with van der Waals surface area (Å²) in [4.78, 5) is 11.5. The van der Waals surface area contributed by atoms with Crippen LogP contribution in [0.4, 0.5) is 0 Å². The van der Waals surface area contributed by atoms with Gasteiger partial charge in [0.05, 0.1) is 13.7 Å². The molecule has 0 heterocycles. The highest BCUT2D eigenvalue weighted by Gasteiger charge is 2.09. The van der Waals surface area contributed by atoms with Crippen LogP contribution < -0.4 is 10.1 Å². The van der Waals surface area contributed by atoms with Gasteiger partial charge in [-0.2, -0.15) is 0 Å². The van der Waals surface area contributed by atoms with Crippen LogP contribution in [0.15, 0.2) is 22.7 Å². The molecule has 0 spiro atoms. The first-order valence-corrected chi connectivity index (χ1v) is 4.99. The number of ether oxygens (including phenoxy) is 1. The quantitative estimate of drug-likeness (QED) is 0.838. The summed E-state index contributed by atoms with van der Waals surface area (Å²) in [5, 5.41) is 2.82. The third kappa shape index (κ3) is 2.56. The largest absolute Gasteiger partial charge is 0.497 e. The molecular weight excluding hydrogens is 246 g/mol. The van der Waals surface area contributed by atoms with Gasteiger partial charge in [-0.05, 0) is 41.2 Å². The zero-order chi connectivity index (χ0) is 10.6. The van der Waals surface area contributed by atoms with E-state index in [0.717, 1.165) is 10.2 Å². The number of hydrogen-bond donors (Lipinski definition) is 1. The highest BCUT2D eigenvalue weighted by atomic mass is 79.9. The van der Waals surface area contributed by atoms with Gasteiger partial charge in [-0.1, -0.05) is 0 Å². The van der Waals surface area contributed by atoms with E-state index in [1.54, 1.807) is 32.4 Å². The average molecular weight is 258 g/mol. The minimum absolute atomic E-state index is 0.0574. The summed E-state index contributed by atoms with van der Waals surface area (Å²) < 4.78 is 5.79. The molecule has 0 aliphatic heterocycles. The predicted octanol–water partition coefficient (Wildman–Crippen LogP) is 1.86. The molecule has 0 radical (unpaired) electrons. The van der Waals surface area contributed by atoms with Crippen molar-refractivity contribution in [2.75, 3.05) is 20.7 Å². The second-order valence-corrected chi connectivity index (χ2v) is 3.65. The van der Waals surface area contributed by atoms with Crippen LogP contribution in [0.1, 0.15) is 10.4 Å². The molecule has 1 N–H and O–H groups in total. The summed E-state index contributed by atoms with van der Waals surface area (Å²) in [5.74, 6) is 0.792. The van der Waals surface area contributed by atoms with E-state index in [0.29, 0.717) is 12.1 Å². The van der Waals surface area contributed by atoms with Crippen molar-refractivity contribution in [2.45, 2.75) is 0 Å². The van der Waals surface area contributed by atoms with Gasteiger partial charge < -0.3 is 10.1 Å². The summed E-state index contributed by atoms with van der Waals surface area (Å²) in [6.07, 6.45) is 0. The average Bonchev–Trinajstić information content (AvgIpc) is 2.17. The van der Waals surface area contributed by atoms with E-state index in [4.69, 9.17) is 4.74 Å². The number of Topliss-reactive ketones (excluding diaryl/α,β-unsaturated/α-hetero) is 1. The van der Waals surface area contributed by atoms with E-state index in [-0.39, 0.29) is 5.78 Å². The molecular formula is C10H12BrNO2. The molecule has 1 rings (SSSR count). The molecule has 1 aromatic carbocycles. The smallest absolute Gasteiger partial charge is 0.177 e. The molecule has 1 aromatic rings. The summed E-state index contributed by atoms with van der Waals surface area (Å²) in [6, 6.07) is 5.30. The van der Waals surface area contributed by atoms with E-state index in [1.807, 2.05) is 0 Å². The maximum atomic E-state index is 11.5. The first-order chi connectivity index (χ1) is 6.69. The molecule has 0 saturated carbocycles. The van der Waals surface area contributed by atoms with Gasteiger partial charge in [0.15, 0.2) is 5.78 Å². The Balaban J connectivity index is 2.94. The van der Waals surface area contributed by atoms with Crippen molar-refractivity contribution in [2.24, 2.45) is 0 Å². The number of ketones is 1. The van der Waals surface area contributed by atoms with E-state index in [1.165, 1.54) is 0 Å². The summed E-state index contributed by atoms with van der Waals surface area (Å²) in [6.45, 7) is 0.338. The number of carbonyl (C=O) groups excluding carboxylic acids is 1. The molecule has 0 aliphatic rings. The van der Waals surface area contributed by atoms with Crippen molar-refractivity contribution >= 4 is 21.7 Å². The molecule has 3 nitrogen and oxygen atoms in total. The van der Waals surface area contributed by atoms with Gasteiger partial charge in [-0.25, -0.2) is 0 Å². The van der Waals surface area contributed by atoms with Crippen molar-refractivity contribution in [3.05, 3.63) is 28.2 Å². The van der Waals surface area contributed by atoms with Crippen LogP contribution in [0.2, 0.25) is 0 Å². The Morgan fingerprint density at radius 2 is 2.29 bits per heavy atom. The van der Waals surface area contributed by atoms with Crippen LogP contribution in [0.25, 0.3) is 0 Å². The zero-order valence-electron chi connectivity index (χ0n) is 8.13. The molecule has 0 amide bonds. The second-order valence-electron chi connectivity index (χ2n) is 2.80. The van der Waals surface area contributed by atoms with Crippen molar-refractivity contribution in [1.29, 1.82) is 0 Å². The maximum absolute atomic E-state index is 11.5. The number of benzene rings is 1. The van der Waals surface area contributed by atoms with Gasteiger partial charge in [0, 0.05) is 10.0 Å². The van der Waals surface area contributed by atoms with Gasteiger partial charge in [-0.15, -0.1) is 0 Å². The lowest BCUT2D eigenvalue weighted by molar-refractivity contribution is 0.0993. The molecule has 0 aromatic heterocycles. The maximum Gasteiger partial charge on any atom is 0.177 e. The van der Waals surface area contributed by atoms with Crippen molar-refractivity contribution in [3.63, 3.8) is 0 Å². The highest BCUT2D eigenvalue weighted by molar-refractivity contribution is 9.10. The lowest BCUT2D eigenvalue weighted by Crippen LogP contribution is -2.18. The predicted molar refractivity (Wildman–Crippen MR) is 59.0 cm³/mol. The summed E-state index contributed by atoms with van der Waals surface area (Å²) in [7, 11) is 3.34. The van der Waals surface area contributed by atoms with Crippen LogP contribution in [-0.2, 0) is 0 Å². The fourth-order valence-electron chi connectivity index (χ4n) is 1.10. The second kappa shape index (κ2) is 5.12. The standard InChI is InChI=1S/C10H12BrNO2/c1-12-6-10(13)8-4-3-7(14-2)5-9(8)11/h3-5,12H,6H2,1-2H3. The minimum Gasteiger partial charge on any atom is -0.497 e. The van der Waals surface area contributed by atoms with Gasteiger partial charge in [0.2, 0.25) is 0 Å². The molecule has 76 valence electrons. The highest BCUT2D eigenvalue weighted by Crippen LogP contribution is 2.22. The topological polar surface area (TPSA) is 38.3 Å². The zero-order valence-corrected chi connectivity index (χ0v) is 9.72. The molecule has 0 bridgehead atoms. The van der Waals surface area contributed by atoms with Crippen LogP contribution in [0.5, 0.6) is 5.75 Å². The number of carbonyl (C=O) groups is 1. The molecule has 14 heavy (non-hydrogen) atoms. The van der Waals surface area contributed by atoms with Crippen LogP contribution in [-0.4, -0.2) is 26.5 Å².